The van der Waals surface area contributed by atoms with Gasteiger partial charge in [-0.05, 0) is 61.9 Å². The van der Waals surface area contributed by atoms with E-state index in [-0.39, 0.29) is 5.91 Å². The number of ether oxygens (including phenoxy) is 1. The Balaban J connectivity index is 1.83. The van der Waals surface area contributed by atoms with E-state index in [1.165, 1.54) is 23.3 Å². The molecule has 1 heterocycles. The van der Waals surface area contributed by atoms with Gasteiger partial charge in [-0.15, -0.1) is 11.3 Å². The lowest BCUT2D eigenvalue weighted by Crippen LogP contribution is -2.11. The predicted molar refractivity (Wildman–Crippen MR) is 86.6 cm³/mol. The number of nitrogens with one attached hydrogen (secondary N) is 1. The Hall–Kier alpha value is -1.81. The number of hydrogen-bond donors (Lipinski definition) is 1. The minimum atomic E-state index is -0.0432. The van der Waals surface area contributed by atoms with Crippen LogP contribution in [-0.4, -0.2) is 13.0 Å². The maximum absolute atomic E-state index is 12.5. The van der Waals surface area contributed by atoms with Crippen LogP contribution in [0.25, 0.3) is 0 Å². The Kier molecular flexibility index (Phi) is 3.97. The molecule has 1 aromatic carbocycles. The van der Waals surface area contributed by atoms with Crippen LogP contribution in [-0.2, 0) is 12.8 Å². The minimum absolute atomic E-state index is 0.0432. The van der Waals surface area contributed by atoms with Crippen LogP contribution in [0.2, 0.25) is 0 Å². The highest BCUT2D eigenvalue weighted by Gasteiger charge is 2.18. The van der Waals surface area contributed by atoms with E-state index in [4.69, 9.17) is 4.74 Å². The highest BCUT2D eigenvalue weighted by molar-refractivity contribution is 7.14. The summed E-state index contributed by atoms with van der Waals surface area (Å²) in [6.45, 7) is 2.00. The normalized spacial score (nSPS) is 13.6. The van der Waals surface area contributed by atoms with Gasteiger partial charge in [-0.1, -0.05) is 6.07 Å². The van der Waals surface area contributed by atoms with Crippen molar-refractivity contribution in [3.8, 4) is 5.75 Å². The first-order chi connectivity index (χ1) is 10.2. The predicted octanol–water partition coefficient (Wildman–Crippen LogP) is 4.20. The molecule has 4 heteroatoms. The number of carbonyl (C=O) groups excluding carboxylic acids is 1. The van der Waals surface area contributed by atoms with Crippen molar-refractivity contribution in [2.24, 2.45) is 0 Å². The van der Waals surface area contributed by atoms with Gasteiger partial charge in [-0.2, -0.15) is 0 Å². The zero-order valence-electron chi connectivity index (χ0n) is 12.4. The number of aryl methyl sites for hydroxylation is 3. The highest BCUT2D eigenvalue weighted by Crippen LogP contribution is 2.31. The quantitative estimate of drug-likeness (QED) is 0.923. The van der Waals surface area contributed by atoms with E-state index in [1.807, 2.05) is 25.1 Å². The number of benzene rings is 1. The van der Waals surface area contributed by atoms with E-state index in [9.17, 15) is 4.79 Å². The summed E-state index contributed by atoms with van der Waals surface area (Å²) in [6.07, 6.45) is 4.69. The van der Waals surface area contributed by atoms with Crippen molar-refractivity contribution in [3.63, 3.8) is 0 Å². The number of fused-ring (bicyclic) bond motifs is 1. The smallest absolute Gasteiger partial charge is 0.265 e. The van der Waals surface area contributed by atoms with Gasteiger partial charge in [0.15, 0.2) is 0 Å². The first-order valence-corrected chi connectivity index (χ1v) is 8.06. The van der Waals surface area contributed by atoms with Gasteiger partial charge in [0, 0.05) is 4.88 Å². The van der Waals surface area contributed by atoms with E-state index in [0.29, 0.717) is 5.75 Å². The van der Waals surface area contributed by atoms with Crippen LogP contribution < -0.4 is 10.1 Å². The van der Waals surface area contributed by atoms with Crippen LogP contribution in [0.3, 0.4) is 0 Å². The molecule has 1 N–H and O–H groups in total. The van der Waals surface area contributed by atoms with Crippen LogP contribution in [0.4, 0.5) is 5.69 Å². The lowest BCUT2D eigenvalue weighted by Gasteiger charge is -2.10. The monoisotopic (exact) mass is 301 g/mol. The lowest BCUT2D eigenvalue weighted by molar-refractivity contribution is 0.103. The molecule has 2 aromatic rings. The van der Waals surface area contributed by atoms with Crippen molar-refractivity contribution in [2.75, 3.05) is 12.4 Å². The molecule has 0 bridgehead atoms. The molecule has 21 heavy (non-hydrogen) atoms. The Bertz CT molecular complexity index is 652. The van der Waals surface area contributed by atoms with Gasteiger partial charge in [0.25, 0.3) is 5.91 Å². The van der Waals surface area contributed by atoms with Crippen LogP contribution >= 0.6 is 11.3 Å². The van der Waals surface area contributed by atoms with Gasteiger partial charge in [-0.25, -0.2) is 0 Å². The molecule has 3 nitrogen and oxygen atoms in total. The Labute approximate surface area is 129 Å². The van der Waals surface area contributed by atoms with E-state index in [0.717, 1.165) is 29.0 Å². The molecular formula is C17H19NO2S. The average Bonchev–Trinajstić information content (AvgIpc) is 2.91. The number of methoxy groups -OCH3 is 1. The second-order valence-corrected chi connectivity index (χ2v) is 6.56. The summed E-state index contributed by atoms with van der Waals surface area (Å²) >= 11 is 1.63. The SMILES string of the molecule is COc1ccc(C)cc1NC(=O)c1cc2c(s1)CCCC2. The zero-order chi connectivity index (χ0) is 14.8. The molecule has 0 saturated heterocycles. The summed E-state index contributed by atoms with van der Waals surface area (Å²) in [6, 6.07) is 7.84. The fourth-order valence-corrected chi connectivity index (χ4v) is 3.85. The van der Waals surface area contributed by atoms with Crippen molar-refractivity contribution in [1.82, 2.24) is 0 Å². The molecule has 0 aliphatic heterocycles. The van der Waals surface area contributed by atoms with Crippen molar-refractivity contribution in [1.29, 1.82) is 0 Å². The van der Waals surface area contributed by atoms with E-state index < -0.39 is 0 Å². The molecule has 0 atom stereocenters. The third-order valence-corrected chi connectivity index (χ3v) is 5.06. The van der Waals surface area contributed by atoms with Gasteiger partial charge in [0.1, 0.15) is 5.75 Å². The molecule has 1 aromatic heterocycles. The summed E-state index contributed by atoms with van der Waals surface area (Å²) in [5.74, 6) is 0.647. The maximum atomic E-state index is 12.5. The van der Waals surface area contributed by atoms with Gasteiger partial charge in [0.2, 0.25) is 0 Å². The molecule has 3 rings (SSSR count). The molecule has 110 valence electrons. The zero-order valence-corrected chi connectivity index (χ0v) is 13.2. The minimum Gasteiger partial charge on any atom is -0.495 e. The number of thiophene rings is 1. The number of carbonyl (C=O) groups is 1. The molecular weight excluding hydrogens is 282 g/mol. The molecule has 1 aliphatic rings. The first kappa shape index (κ1) is 14.1. The second kappa shape index (κ2) is 5.90. The summed E-state index contributed by atoms with van der Waals surface area (Å²) in [4.78, 5) is 14.6. The van der Waals surface area contributed by atoms with Crippen LogP contribution in [0.15, 0.2) is 24.3 Å². The number of hydrogen-bond acceptors (Lipinski definition) is 3. The maximum Gasteiger partial charge on any atom is 0.265 e. The van der Waals surface area contributed by atoms with Gasteiger partial charge < -0.3 is 10.1 Å². The highest BCUT2D eigenvalue weighted by atomic mass is 32.1. The van der Waals surface area contributed by atoms with Crippen LogP contribution in [0.1, 0.15) is 38.5 Å². The fraction of sp³-hybridized carbons (Fsp3) is 0.353. The first-order valence-electron chi connectivity index (χ1n) is 7.25. The fourth-order valence-electron chi connectivity index (χ4n) is 2.71. The standard InChI is InChI=1S/C17H19NO2S/c1-11-7-8-14(20-2)13(9-11)18-17(19)16-10-12-5-3-4-6-15(12)21-16/h7-10H,3-6H2,1-2H3,(H,18,19). The number of anilines is 1. The van der Waals surface area contributed by atoms with Gasteiger partial charge in [-0.3, -0.25) is 4.79 Å². The summed E-state index contributed by atoms with van der Waals surface area (Å²) in [5, 5.41) is 2.97. The summed E-state index contributed by atoms with van der Waals surface area (Å²) in [5.41, 5.74) is 3.18. The molecule has 0 unspecified atom stereocenters. The van der Waals surface area contributed by atoms with Gasteiger partial charge >= 0.3 is 0 Å². The largest absolute Gasteiger partial charge is 0.495 e. The lowest BCUT2D eigenvalue weighted by atomic mass is 9.99. The third kappa shape index (κ3) is 2.95. The van der Waals surface area contributed by atoms with Crippen LogP contribution in [0.5, 0.6) is 5.75 Å². The average molecular weight is 301 g/mol. The van der Waals surface area contributed by atoms with Gasteiger partial charge in [0.05, 0.1) is 17.7 Å². The molecule has 1 amide bonds. The van der Waals surface area contributed by atoms with Crippen molar-refractivity contribution in [2.45, 2.75) is 32.6 Å². The number of rotatable bonds is 3. The van der Waals surface area contributed by atoms with Crippen molar-refractivity contribution < 1.29 is 9.53 Å². The topological polar surface area (TPSA) is 38.3 Å². The molecule has 0 radical (unpaired) electrons. The third-order valence-electron chi connectivity index (χ3n) is 3.82. The molecule has 0 fully saturated rings. The van der Waals surface area contributed by atoms with E-state index in [1.54, 1.807) is 18.4 Å². The molecule has 0 saturated carbocycles. The number of amides is 1. The Morgan fingerprint density at radius 1 is 1.24 bits per heavy atom. The van der Waals surface area contributed by atoms with Crippen molar-refractivity contribution in [3.05, 3.63) is 45.1 Å². The second-order valence-electron chi connectivity index (χ2n) is 5.42. The van der Waals surface area contributed by atoms with Crippen LogP contribution in [0, 0.1) is 6.92 Å². The summed E-state index contributed by atoms with van der Waals surface area (Å²) < 4.78 is 5.31. The molecule has 1 aliphatic carbocycles. The van der Waals surface area contributed by atoms with E-state index in [2.05, 4.69) is 11.4 Å². The summed E-state index contributed by atoms with van der Waals surface area (Å²) in [7, 11) is 1.62. The van der Waals surface area contributed by atoms with E-state index >= 15 is 0 Å². The molecule has 0 spiro atoms. The Morgan fingerprint density at radius 2 is 2.05 bits per heavy atom. The Morgan fingerprint density at radius 3 is 2.81 bits per heavy atom. The van der Waals surface area contributed by atoms with Crippen molar-refractivity contribution >= 4 is 22.9 Å².